The van der Waals surface area contributed by atoms with E-state index in [9.17, 15) is 4.79 Å². The molecule has 0 spiro atoms. The summed E-state index contributed by atoms with van der Waals surface area (Å²) in [5, 5.41) is 1.90. The molecule has 6 heteroatoms. The van der Waals surface area contributed by atoms with Crippen LogP contribution in [-0.4, -0.2) is 34.0 Å². The second-order valence-electron chi connectivity index (χ2n) is 4.79. The lowest BCUT2D eigenvalue weighted by atomic mass is 10.1. The van der Waals surface area contributed by atoms with E-state index < -0.39 is 0 Å². The third-order valence-corrected chi connectivity index (χ3v) is 4.18. The number of hydrogen-bond donors (Lipinski definition) is 2. The first kappa shape index (κ1) is 11.8. The third-order valence-electron chi connectivity index (χ3n) is 3.28. The summed E-state index contributed by atoms with van der Waals surface area (Å²) < 4.78 is 0.703. The Morgan fingerprint density at radius 2 is 2.50 bits per heavy atom. The highest BCUT2D eigenvalue weighted by molar-refractivity contribution is 7.17. The van der Waals surface area contributed by atoms with Gasteiger partial charge in [0.25, 0.3) is 5.56 Å². The van der Waals surface area contributed by atoms with E-state index >= 15 is 0 Å². The Morgan fingerprint density at radius 1 is 1.61 bits per heavy atom. The molecule has 0 aliphatic carbocycles. The number of nitrogens with two attached hydrogens (primary N) is 1. The maximum Gasteiger partial charge on any atom is 0.268 e. The van der Waals surface area contributed by atoms with Gasteiger partial charge in [0.15, 0.2) is 0 Å². The topological polar surface area (TPSA) is 75.0 Å². The molecule has 1 fully saturated rings. The molecule has 0 amide bonds. The average molecular weight is 264 g/mol. The molecule has 0 bridgehead atoms. The molecule has 2 aromatic rings. The van der Waals surface area contributed by atoms with Crippen LogP contribution in [0.1, 0.15) is 18.7 Å². The second kappa shape index (κ2) is 4.79. The quantitative estimate of drug-likeness (QED) is 0.845. The van der Waals surface area contributed by atoms with E-state index in [1.165, 1.54) is 11.3 Å². The number of aromatic nitrogens is 2. The Bertz CT molecular complexity index is 605. The summed E-state index contributed by atoms with van der Waals surface area (Å²) in [7, 11) is 0. The zero-order chi connectivity index (χ0) is 12.5. The van der Waals surface area contributed by atoms with Crippen LogP contribution in [0.4, 0.5) is 0 Å². The van der Waals surface area contributed by atoms with E-state index in [1.807, 2.05) is 11.4 Å². The minimum absolute atomic E-state index is 0.0358. The smallest absolute Gasteiger partial charge is 0.268 e. The number of hydrogen-bond acceptors (Lipinski definition) is 5. The minimum atomic E-state index is -0.0358. The summed E-state index contributed by atoms with van der Waals surface area (Å²) in [5.41, 5.74) is 6.71. The van der Waals surface area contributed by atoms with Crippen molar-refractivity contribution < 1.29 is 0 Å². The molecule has 1 saturated heterocycles. The summed E-state index contributed by atoms with van der Waals surface area (Å²) in [6, 6.07) is 2.14. The van der Waals surface area contributed by atoms with Crippen molar-refractivity contribution in [3.05, 3.63) is 27.6 Å². The van der Waals surface area contributed by atoms with E-state index in [-0.39, 0.29) is 11.6 Å². The first-order valence-electron chi connectivity index (χ1n) is 6.17. The molecule has 3 heterocycles. The van der Waals surface area contributed by atoms with Crippen molar-refractivity contribution >= 4 is 21.6 Å². The predicted molar refractivity (Wildman–Crippen MR) is 72.7 cm³/mol. The number of H-pyrrole nitrogens is 1. The van der Waals surface area contributed by atoms with Gasteiger partial charge in [0.1, 0.15) is 10.5 Å². The normalized spacial score (nSPS) is 21.5. The number of fused-ring (bicyclic) bond motifs is 1. The summed E-state index contributed by atoms with van der Waals surface area (Å²) in [6.07, 6.45) is 2.20. The molecular formula is C12H16N4OS. The highest BCUT2D eigenvalue weighted by Gasteiger charge is 2.17. The molecule has 0 saturated carbocycles. The number of nitrogens with one attached hydrogen (secondary N) is 1. The summed E-state index contributed by atoms with van der Waals surface area (Å²) >= 11 is 1.43. The maximum absolute atomic E-state index is 11.8. The first-order valence-corrected chi connectivity index (χ1v) is 7.04. The fourth-order valence-electron chi connectivity index (χ4n) is 2.44. The molecule has 1 aliphatic heterocycles. The molecule has 0 aromatic carbocycles. The Hall–Kier alpha value is -1.24. The van der Waals surface area contributed by atoms with E-state index in [4.69, 9.17) is 5.73 Å². The second-order valence-corrected chi connectivity index (χ2v) is 5.70. The van der Waals surface area contributed by atoms with E-state index in [0.29, 0.717) is 11.2 Å². The van der Waals surface area contributed by atoms with E-state index in [1.54, 1.807) is 0 Å². The van der Waals surface area contributed by atoms with E-state index in [2.05, 4.69) is 14.9 Å². The Kier molecular flexibility index (Phi) is 3.15. The van der Waals surface area contributed by atoms with Gasteiger partial charge in [-0.1, -0.05) is 0 Å². The fourth-order valence-corrected chi connectivity index (χ4v) is 3.17. The van der Waals surface area contributed by atoms with Gasteiger partial charge in [-0.2, -0.15) is 0 Å². The lowest BCUT2D eigenvalue weighted by Crippen LogP contribution is -2.42. The van der Waals surface area contributed by atoms with Crippen LogP contribution in [0.5, 0.6) is 0 Å². The SMILES string of the molecule is NC1CCCN(Cc2nc3ccsc3c(=O)[nH]2)C1. The van der Waals surface area contributed by atoms with Gasteiger partial charge < -0.3 is 10.7 Å². The Balaban J connectivity index is 1.83. The van der Waals surface area contributed by atoms with Crippen LogP contribution < -0.4 is 11.3 Å². The van der Waals surface area contributed by atoms with Gasteiger partial charge in [0.05, 0.1) is 12.1 Å². The zero-order valence-corrected chi connectivity index (χ0v) is 10.9. The molecule has 1 unspecified atom stereocenters. The number of piperidine rings is 1. The lowest BCUT2D eigenvalue weighted by Gasteiger charge is -2.30. The molecule has 96 valence electrons. The van der Waals surface area contributed by atoms with Crippen LogP contribution in [0.2, 0.25) is 0 Å². The van der Waals surface area contributed by atoms with Crippen LogP contribution in [-0.2, 0) is 6.54 Å². The summed E-state index contributed by atoms with van der Waals surface area (Å²) in [6.45, 7) is 2.58. The number of likely N-dealkylation sites (tertiary alicyclic amines) is 1. The highest BCUT2D eigenvalue weighted by Crippen LogP contribution is 2.15. The van der Waals surface area contributed by atoms with Crippen molar-refractivity contribution in [3.63, 3.8) is 0 Å². The number of nitrogens with zero attached hydrogens (tertiary/aromatic N) is 2. The number of thiophene rings is 1. The molecule has 18 heavy (non-hydrogen) atoms. The molecule has 0 radical (unpaired) electrons. The van der Waals surface area contributed by atoms with Crippen molar-refractivity contribution in [2.75, 3.05) is 13.1 Å². The summed E-state index contributed by atoms with van der Waals surface area (Å²) in [5.74, 6) is 0.736. The monoisotopic (exact) mass is 264 g/mol. The fraction of sp³-hybridized carbons (Fsp3) is 0.500. The van der Waals surface area contributed by atoms with Crippen molar-refractivity contribution in [1.29, 1.82) is 0 Å². The van der Waals surface area contributed by atoms with Gasteiger partial charge in [-0.05, 0) is 30.8 Å². The van der Waals surface area contributed by atoms with Gasteiger partial charge in [0, 0.05) is 12.6 Å². The molecule has 3 N–H and O–H groups in total. The molecular weight excluding hydrogens is 248 g/mol. The zero-order valence-electron chi connectivity index (χ0n) is 10.1. The third kappa shape index (κ3) is 2.31. The van der Waals surface area contributed by atoms with Crippen molar-refractivity contribution in [3.8, 4) is 0 Å². The van der Waals surface area contributed by atoms with Crippen LogP contribution in [0.15, 0.2) is 16.2 Å². The van der Waals surface area contributed by atoms with Crippen molar-refractivity contribution in [2.24, 2.45) is 5.73 Å². The molecule has 5 nitrogen and oxygen atoms in total. The summed E-state index contributed by atoms with van der Waals surface area (Å²) in [4.78, 5) is 21.4. The molecule has 1 aliphatic rings. The predicted octanol–water partition coefficient (Wildman–Crippen LogP) is 0.908. The standard InChI is InChI=1S/C12H16N4OS/c13-8-2-1-4-16(6-8)7-10-14-9-3-5-18-11(9)12(17)15-10/h3,5,8H,1-2,4,6-7,13H2,(H,14,15,17). The van der Waals surface area contributed by atoms with Crippen molar-refractivity contribution in [1.82, 2.24) is 14.9 Å². The number of aromatic amines is 1. The van der Waals surface area contributed by atoms with E-state index in [0.717, 1.165) is 37.3 Å². The molecule has 3 rings (SSSR count). The van der Waals surface area contributed by atoms with Crippen LogP contribution in [0.25, 0.3) is 10.2 Å². The first-order chi connectivity index (χ1) is 8.72. The van der Waals surface area contributed by atoms with Gasteiger partial charge in [-0.15, -0.1) is 11.3 Å². The maximum atomic E-state index is 11.8. The van der Waals surface area contributed by atoms with Gasteiger partial charge >= 0.3 is 0 Å². The van der Waals surface area contributed by atoms with Crippen molar-refractivity contribution in [2.45, 2.75) is 25.4 Å². The van der Waals surface area contributed by atoms with Crippen LogP contribution >= 0.6 is 11.3 Å². The van der Waals surface area contributed by atoms with Gasteiger partial charge in [-0.3, -0.25) is 9.69 Å². The lowest BCUT2D eigenvalue weighted by molar-refractivity contribution is 0.197. The largest absolute Gasteiger partial charge is 0.327 e. The van der Waals surface area contributed by atoms with Gasteiger partial charge in [0.2, 0.25) is 0 Å². The van der Waals surface area contributed by atoms with Crippen LogP contribution in [0.3, 0.4) is 0 Å². The van der Waals surface area contributed by atoms with Gasteiger partial charge in [-0.25, -0.2) is 4.98 Å². The Morgan fingerprint density at radius 3 is 3.33 bits per heavy atom. The van der Waals surface area contributed by atoms with Crippen LogP contribution in [0, 0.1) is 0 Å². The minimum Gasteiger partial charge on any atom is -0.327 e. The average Bonchev–Trinajstić information content (AvgIpc) is 2.77. The molecule has 1 atom stereocenters. The molecule has 2 aromatic heterocycles. The number of rotatable bonds is 2. The highest BCUT2D eigenvalue weighted by atomic mass is 32.1. The Labute approximate surface area is 109 Å².